The molecule has 0 atom stereocenters. The van der Waals surface area contributed by atoms with Gasteiger partial charge in [0.15, 0.2) is 0 Å². The number of nitrogens with zero attached hydrogens (tertiary/aromatic N) is 6. The SMILES string of the molecule is Cc1cc(Nc2ncn(-c3cc(F)cc(F)c3)n2)nc(N2CCN(C)CC2)c1. The second-order valence-electron chi connectivity index (χ2n) is 6.94. The van der Waals surface area contributed by atoms with E-state index in [-0.39, 0.29) is 5.69 Å². The highest BCUT2D eigenvalue weighted by Crippen LogP contribution is 2.21. The zero-order chi connectivity index (χ0) is 19.7. The van der Waals surface area contributed by atoms with Crippen molar-refractivity contribution in [3.8, 4) is 5.69 Å². The summed E-state index contributed by atoms with van der Waals surface area (Å²) in [6.45, 7) is 5.84. The molecule has 28 heavy (non-hydrogen) atoms. The molecule has 0 unspecified atom stereocenters. The molecule has 1 aromatic carbocycles. The smallest absolute Gasteiger partial charge is 0.248 e. The Morgan fingerprint density at radius 1 is 0.964 bits per heavy atom. The Kier molecular flexibility index (Phi) is 4.91. The Morgan fingerprint density at radius 2 is 1.68 bits per heavy atom. The third kappa shape index (κ3) is 4.09. The third-order valence-electron chi connectivity index (χ3n) is 4.63. The molecule has 2 aromatic heterocycles. The molecule has 0 bridgehead atoms. The lowest BCUT2D eigenvalue weighted by Gasteiger charge is -2.33. The van der Waals surface area contributed by atoms with Crippen LogP contribution in [0.3, 0.4) is 0 Å². The van der Waals surface area contributed by atoms with Gasteiger partial charge in [0, 0.05) is 32.2 Å². The molecule has 0 spiro atoms. The zero-order valence-electron chi connectivity index (χ0n) is 15.7. The molecule has 1 aliphatic heterocycles. The molecule has 3 heterocycles. The fourth-order valence-corrected chi connectivity index (χ4v) is 3.14. The Morgan fingerprint density at radius 3 is 2.39 bits per heavy atom. The number of anilines is 3. The minimum atomic E-state index is -0.669. The van der Waals surface area contributed by atoms with Crippen LogP contribution < -0.4 is 10.2 Å². The molecule has 1 aliphatic rings. The van der Waals surface area contributed by atoms with Crippen LogP contribution in [-0.2, 0) is 0 Å². The zero-order valence-corrected chi connectivity index (χ0v) is 15.7. The predicted octanol–water partition coefficient (Wildman–Crippen LogP) is 2.74. The predicted molar refractivity (Wildman–Crippen MR) is 103 cm³/mol. The van der Waals surface area contributed by atoms with Gasteiger partial charge in [-0.3, -0.25) is 0 Å². The number of halogens is 2. The Bertz CT molecular complexity index is 960. The van der Waals surface area contributed by atoms with Crippen LogP contribution >= 0.6 is 0 Å². The van der Waals surface area contributed by atoms with Crippen LogP contribution in [0.2, 0.25) is 0 Å². The molecule has 0 radical (unpaired) electrons. The van der Waals surface area contributed by atoms with Crippen LogP contribution in [0.5, 0.6) is 0 Å². The number of piperazine rings is 1. The molecule has 1 N–H and O–H groups in total. The van der Waals surface area contributed by atoms with Gasteiger partial charge in [0.1, 0.15) is 29.6 Å². The van der Waals surface area contributed by atoms with Crippen LogP contribution in [0.25, 0.3) is 5.69 Å². The van der Waals surface area contributed by atoms with Crippen LogP contribution in [0.15, 0.2) is 36.7 Å². The van der Waals surface area contributed by atoms with E-state index in [0.717, 1.165) is 43.6 Å². The first-order valence-electron chi connectivity index (χ1n) is 9.03. The molecule has 1 fully saturated rings. The molecule has 0 amide bonds. The van der Waals surface area contributed by atoms with Crippen LogP contribution in [0, 0.1) is 18.6 Å². The average molecular weight is 385 g/mol. The number of rotatable bonds is 4. The van der Waals surface area contributed by atoms with Gasteiger partial charge >= 0.3 is 0 Å². The summed E-state index contributed by atoms with van der Waals surface area (Å²) in [6, 6.07) is 7.16. The standard InChI is InChI=1S/C19H21F2N7/c1-13-7-17(23-18(8-13)27-5-3-26(2)4-6-27)24-19-22-12-28(25-19)16-10-14(20)9-15(21)11-16/h7-12H,3-6H2,1-2H3,(H,23,24,25). The van der Waals surface area contributed by atoms with Crippen molar-refractivity contribution in [2.75, 3.05) is 43.4 Å². The third-order valence-corrected chi connectivity index (χ3v) is 4.63. The van der Waals surface area contributed by atoms with Gasteiger partial charge in [-0.2, -0.15) is 4.98 Å². The van der Waals surface area contributed by atoms with Crippen molar-refractivity contribution in [2.24, 2.45) is 0 Å². The van der Waals surface area contributed by atoms with Gasteiger partial charge < -0.3 is 15.1 Å². The van der Waals surface area contributed by atoms with E-state index in [1.165, 1.54) is 23.1 Å². The molecular weight excluding hydrogens is 364 g/mol. The maximum atomic E-state index is 13.4. The van der Waals surface area contributed by atoms with E-state index in [1.54, 1.807) is 0 Å². The number of hydrogen-bond donors (Lipinski definition) is 1. The number of aromatic nitrogens is 4. The molecule has 9 heteroatoms. The highest BCUT2D eigenvalue weighted by atomic mass is 19.1. The summed E-state index contributed by atoms with van der Waals surface area (Å²) in [7, 11) is 2.11. The summed E-state index contributed by atoms with van der Waals surface area (Å²) in [5, 5.41) is 7.31. The first-order chi connectivity index (χ1) is 13.5. The first-order valence-corrected chi connectivity index (χ1v) is 9.03. The number of hydrogen-bond acceptors (Lipinski definition) is 6. The number of nitrogens with one attached hydrogen (secondary N) is 1. The van der Waals surface area contributed by atoms with E-state index in [2.05, 4.69) is 43.3 Å². The lowest BCUT2D eigenvalue weighted by molar-refractivity contribution is 0.312. The van der Waals surface area contributed by atoms with Crippen molar-refractivity contribution in [3.63, 3.8) is 0 Å². The van der Waals surface area contributed by atoms with Gasteiger partial charge in [-0.05, 0) is 43.8 Å². The first kappa shape index (κ1) is 18.3. The van der Waals surface area contributed by atoms with Gasteiger partial charge in [-0.1, -0.05) is 0 Å². The van der Waals surface area contributed by atoms with E-state index < -0.39 is 11.6 Å². The minimum absolute atomic E-state index is 0.258. The van der Waals surface area contributed by atoms with Crippen molar-refractivity contribution < 1.29 is 8.78 Å². The van der Waals surface area contributed by atoms with Gasteiger partial charge in [-0.15, -0.1) is 5.10 Å². The Balaban J connectivity index is 1.54. The number of likely N-dealkylation sites (N-methyl/N-ethyl adjacent to an activating group) is 1. The summed E-state index contributed by atoms with van der Waals surface area (Å²) >= 11 is 0. The summed E-state index contributed by atoms with van der Waals surface area (Å²) < 4.78 is 28.2. The van der Waals surface area contributed by atoms with Crippen molar-refractivity contribution in [2.45, 2.75) is 6.92 Å². The fraction of sp³-hybridized carbons (Fsp3) is 0.316. The van der Waals surface area contributed by atoms with Crippen LogP contribution in [0.1, 0.15) is 5.56 Å². The van der Waals surface area contributed by atoms with Crippen LogP contribution in [-0.4, -0.2) is 57.9 Å². The van der Waals surface area contributed by atoms with Crippen LogP contribution in [0.4, 0.5) is 26.4 Å². The molecule has 1 saturated heterocycles. The molecule has 0 aliphatic carbocycles. The highest BCUT2D eigenvalue weighted by Gasteiger charge is 2.16. The van der Waals surface area contributed by atoms with Gasteiger partial charge in [0.25, 0.3) is 0 Å². The van der Waals surface area contributed by atoms with Crippen molar-refractivity contribution in [1.82, 2.24) is 24.6 Å². The number of aryl methyl sites for hydroxylation is 1. The van der Waals surface area contributed by atoms with Gasteiger partial charge in [0.05, 0.1) is 5.69 Å². The molecule has 4 rings (SSSR count). The Hall–Kier alpha value is -3.07. The summed E-state index contributed by atoms with van der Waals surface area (Å²) in [6.07, 6.45) is 1.40. The normalized spacial score (nSPS) is 15.1. The average Bonchev–Trinajstić information content (AvgIpc) is 3.09. The maximum absolute atomic E-state index is 13.4. The molecule has 146 valence electrons. The van der Waals surface area contributed by atoms with E-state index >= 15 is 0 Å². The second-order valence-corrected chi connectivity index (χ2v) is 6.94. The second kappa shape index (κ2) is 7.51. The Labute approximate surface area is 161 Å². The molecular formula is C19H21F2N7. The number of benzene rings is 1. The van der Waals surface area contributed by atoms with E-state index in [4.69, 9.17) is 0 Å². The van der Waals surface area contributed by atoms with E-state index in [1.807, 2.05) is 13.0 Å². The summed E-state index contributed by atoms with van der Waals surface area (Å²) in [5.41, 5.74) is 1.33. The van der Waals surface area contributed by atoms with Gasteiger partial charge in [0.2, 0.25) is 5.95 Å². The lowest BCUT2D eigenvalue weighted by Crippen LogP contribution is -2.44. The van der Waals surface area contributed by atoms with E-state index in [9.17, 15) is 8.78 Å². The maximum Gasteiger partial charge on any atom is 0.248 e. The number of pyridine rings is 1. The minimum Gasteiger partial charge on any atom is -0.354 e. The lowest BCUT2D eigenvalue weighted by atomic mass is 10.2. The topological polar surface area (TPSA) is 62.1 Å². The monoisotopic (exact) mass is 385 g/mol. The summed E-state index contributed by atoms with van der Waals surface area (Å²) in [4.78, 5) is 13.4. The quantitative estimate of drug-likeness (QED) is 0.745. The largest absolute Gasteiger partial charge is 0.354 e. The van der Waals surface area contributed by atoms with E-state index in [0.29, 0.717) is 11.8 Å². The van der Waals surface area contributed by atoms with Crippen molar-refractivity contribution >= 4 is 17.6 Å². The molecule has 0 saturated carbocycles. The highest BCUT2D eigenvalue weighted by molar-refractivity contribution is 5.55. The molecule has 7 nitrogen and oxygen atoms in total. The van der Waals surface area contributed by atoms with Crippen molar-refractivity contribution in [3.05, 3.63) is 53.9 Å². The molecule has 3 aromatic rings. The summed E-state index contributed by atoms with van der Waals surface area (Å²) in [5.74, 6) is 0.487. The van der Waals surface area contributed by atoms with Gasteiger partial charge in [-0.25, -0.2) is 18.4 Å². The van der Waals surface area contributed by atoms with Crippen molar-refractivity contribution in [1.29, 1.82) is 0 Å². The fourth-order valence-electron chi connectivity index (χ4n) is 3.14.